The molecule has 2 rings (SSSR count). The molecule has 1 heterocycles. The van der Waals surface area contributed by atoms with Crippen LogP contribution in [-0.2, 0) is 21.2 Å². The molecule has 0 radical (unpaired) electrons. The van der Waals surface area contributed by atoms with E-state index in [-0.39, 0.29) is 6.10 Å². The summed E-state index contributed by atoms with van der Waals surface area (Å²) in [5.74, 6) is 0. The van der Waals surface area contributed by atoms with Gasteiger partial charge in [0, 0.05) is 13.2 Å². The topological polar surface area (TPSA) is 81.4 Å². The van der Waals surface area contributed by atoms with Crippen LogP contribution in [0.5, 0.6) is 0 Å². The molecule has 0 saturated carbocycles. The van der Waals surface area contributed by atoms with Gasteiger partial charge in [-0.3, -0.25) is 0 Å². The van der Waals surface area contributed by atoms with Crippen molar-refractivity contribution in [3.63, 3.8) is 0 Å². The molecule has 0 amide bonds. The van der Waals surface area contributed by atoms with Crippen LogP contribution in [0.25, 0.3) is 0 Å². The molecule has 3 N–H and O–H groups in total. The van der Waals surface area contributed by atoms with Gasteiger partial charge < -0.3 is 10.5 Å². The molecular formula is C15H24N2O3S. The van der Waals surface area contributed by atoms with Crippen molar-refractivity contribution in [3.8, 4) is 0 Å². The zero-order valence-corrected chi connectivity index (χ0v) is 13.1. The first-order valence-corrected chi connectivity index (χ1v) is 9.00. The van der Waals surface area contributed by atoms with Crippen molar-refractivity contribution >= 4 is 10.0 Å². The number of nitrogens with one attached hydrogen (secondary N) is 1. The number of sulfonamides is 1. The van der Waals surface area contributed by atoms with E-state index in [4.69, 9.17) is 10.5 Å². The van der Waals surface area contributed by atoms with Crippen LogP contribution in [0.2, 0.25) is 0 Å². The average molecular weight is 312 g/mol. The van der Waals surface area contributed by atoms with Gasteiger partial charge in [0.05, 0.1) is 11.0 Å². The molecular weight excluding hydrogens is 288 g/mol. The van der Waals surface area contributed by atoms with E-state index in [0.29, 0.717) is 18.0 Å². The highest BCUT2D eigenvalue weighted by atomic mass is 32.2. The van der Waals surface area contributed by atoms with Crippen molar-refractivity contribution in [1.29, 1.82) is 0 Å². The molecule has 1 saturated heterocycles. The molecule has 1 aromatic carbocycles. The van der Waals surface area contributed by atoms with E-state index in [9.17, 15) is 8.42 Å². The molecule has 1 aromatic rings. The fraction of sp³-hybridized carbons (Fsp3) is 0.600. The molecule has 6 heteroatoms. The molecule has 0 aromatic heterocycles. The predicted octanol–water partition coefficient (Wildman–Crippen LogP) is 1.43. The Kier molecular flexibility index (Phi) is 6.17. The largest absolute Gasteiger partial charge is 0.378 e. The minimum Gasteiger partial charge on any atom is -0.378 e. The van der Waals surface area contributed by atoms with Crippen molar-refractivity contribution in [1.82, 2.24) is 4.72 Å². The van der Waals surface area contributed by atoms with E-state index in [1.54, 1.807) is 12.1 Å². The first-order chi connectivity index (χ1) is 10.1. The molecule has 1 unspecified atom stereocenters. The van der Waals surface area contributed by atoms with Gasteiger partial charge in [-0.1, -0.05) is 12.1 Å². The molecule has 5 nitrogen and oxygen atoms in total. The van der Waals surface area contributed by atoms with Crippen molar-refractivity contribution in [2.24, 2.45) is 5.73 Å². The minimum atomic E-state index is -3.42. The third kappa shape index (κ3) is 5.07. The Labute approximate surface area is 126 Å². The highest BCUT2D eigenvalue weighted by Crippen LogP contribution is 2.15. The molecule has 21 heavy (non-hydrogen) atoms. The highest BCUT2D eigenvalue weighted by Gasteiger charge is 2.18. The average Bonchev–Trinajstić information content (AvgIpc) is 2.98. The van der Waals surface area contributed by atoms with Crippen LogP contribution in [0, 0.1) is 0 Å². The third-order valence-corrected chi connectivity index (χ3v) is 5.16. The summed E-state index contributed by atoms with van der Waals surface area (Å²) in [4.78, 5) is 0.311. The Bertz CT molecular complexity index is 522. The molecule has 1 fully saturated rings. The lowest BCUT2D eigenvalue weighted by Crippen LogP contribution is -2.27. The Morgan fingerprint density at radius 3 is 2.67 bits per heavy atom. The van der Waals surface area contributed by atoms with Crippen LogP contribution in [0.3, 0.4) is 0 Å². The van der Waals surface area contributed by atoms with Crippen LogP contribution in [0.1, 0.15) is 31.2 Å². The van der Waals surface area contributed by atoms with Gasteiger partial charge in [-0.05, 0) is 56.3 Å². The quantitative estimate of drug-likeness (QED) is 0.761. The number of benzene rings is 1. The Hall–Kier alpha value is -0.950. The van der Waals surface area contributed by atoms with E-state index in [2.05, 4.69) is 4.72 Å². The minimum absolute atomic E-state index is 0.200. The first kappa shape index (κ1) is 16.4. The summed E-state index contributed by atoms with van der Waals surface area (Å²) >= 11 is 0. The van der Waals surface area contributed by atoms with E-state index in [0.717, 1.165) is 44.3 Å². The smallest absolute Gasteiger partial charge is 0.240 e. The Morgan fingerprint density at radius 2 is 2.05 bits per heavy atom. The van der Waals surface area contributed by atoms with Gasteiger partial charge >= 0.3 is 0 Å². The molecule has 1 aliphatic heterocycles. The molecule has 0 aliphatic carbocycles. The summed E-state index contributed by atoms with van der Waals surface area (Å²) in [5.41, 5.74) is 6.58. The number of aryl methyl sites for hydroxylation is 1. The number of hydrogen-bond acceptors (Lipinski definition) is 4. The van der Waals surface area contributed by atoms with Crippen LogP contribution >= 0.6 is 0 Å². The van der Waals surface area contributed by atoms with Crippen LogP contribution in [-0.4, -0.2) is 34.2 Å². The Balaban J connectivity index is 1.85. The standard InChI is InChI=1S/C15H24N2O3S/c16-10-1-3-13-5-7-15(8-6-13)21(18,19)17-11-9-14-4-2-12-20-14/h5-8,14,17H,1-4,9-12,16H2. The summed E-state index contributed by atoms with van der Waals surface area (Å²) in [6.45, 7) is 1.86. The van der Waals surface area contributed by atoms with Gasteiger partial charge in [0.1, 0.15) is 0 Å². The maximum atomic E-state index is 12.2. The zero-order chi connectivity index (χ0) is 15.1. The molecule has 1 atom stereocenters. The second-order valence-corrected chi connectivity index (χ2v) is 7.12. The second kappa shape index (κ2) is 7.89. The monoisotopic (exact) mass is 312 g/mol. The lowest BCUT2D eigenvalue weighted by atomic mass is 10.1. The summed E-state index contributed by atoms with van der Waals surface area (Å²) in [6.07, 6.45) is 4.81. The maximum Gasteiger partial charge on any atom is 0.240 e. The van der Waals surface area contributed by atoms with Gasteiger partial charge in [-0.25, -0.2) is 13.1 Å². The first-order valence-electron chi connectivity index (χ1n) is 7.52. The lowest BCUT2D eigenvalue weighted by molar-refractivity contribution is 0.105. The fourth-order valence-electron chi connectivity index (χ4n) is 2.45. The number of hydrogen-bond donors (Lipinski definition) is 2. The fourth-order valence-corrected chi connectivity index (χ4v) is 3.50. The third-order valence-electron chi connectivity index (χ3n) is 3.69. The normalized spacial score (nSPS) is 19.0. The van der Waals surface area contributed by atoms with Gasteiger partial charge in [-0.2, -0.15) is 0 Å². The molecule has 1 aliphatic rings. The van der Waals surface area contributed by atoms with Crippen molar-refractivity contribution in [2.45, 2.75) is 43.1 Å². The van der Waals surface area contributed by atoms with Crippen LogP contribution in [0.4, 0.5) is 0 Å². The maximum absolute atomic E-state index is 12.2. The SMILES string of the molecule is NCCCc1ccc(S(=O)(=O)NCCC2CCCO2)cc1. The van der Waals surface area contributed by atoms with Gasteiger partial charge in [0.2, 0.25) is 10.0 Å². The van der Waals surface area contributed by atoms with Crippen LogP contribution in [0.15, 0.2) is 29.2 Å². The lowest BCUT2D eigenvalue weighted by Gasteiger charge is -2.11. The number of ether oxygens (including phenoxy) is 1. The molecule has 0 bridgehead atoms. The highest BCUT2D eigenvalue weighted by molar-refractivity contribution is 7.89. The summed E-state index contributed by atoms with van der Waals surface area (Å²) in [5, 5.41) is 0. The van der Waals surface area contributed by atoms with Gasteiger partial charge in [0.25, 0.3) is 0 Å². The van der Waals surface area contributed by atoms with E-state index in [1.165, 1.54) is 0 Å². The van der Waals surface area contributed by atoms with Crippen molar-refractivity contribution in [2.75, 3.05) is 19.7 Å². The van der Waals surface area contributed by atoms with E-state index in [1.807, 2.05) is 12.1 Å². The predicted molar refractivity (Wildman–Crippen MR) is 82.6 cm³/mol. The number of rotatable bonds is 8. The van der Waals surface area contributed by atoms with E-state index < -0.39 is 10.0 Å². The van der Waals surface area contributed by atoms with E-state index >= 15 is 0 Å². The Morgan fingerprint density at radius 1 is 1.29 bits per heavy atom. The van der Waals surface area contributed by atoms with Crippen LogP contribution < -0.4 is 10.5 Å². The van der Waals surface area contributed by atoms with Crippen molar-refractivity contribution in [3.05, 3.63) is 29.8 Å². The summed E-state index contributed by atoms with van der Waals surface area (Å²) < 4.78 is 32.4. The van der Waals surface area contributed by atoms with Gasteiger partial charge in [0.15, 0.2) is 0 Å². The molecule has 118 valence electrons. The van der Waals surface area contributed by atoms with Crippen molar-refractivity contribution < 1.29 is 13.2 Å². The number of nitrogens with two attached hydrogens (primary N) is 1. The van der Waals surface area contributed by atoms with Gasteiger partial charge in [-0.15, -0.1) is 0 Å². The molecule has 0 spiro atoms. The summed E-state index contributed by atoms with van der Waals surface area (Å²) in [7, 11) is -3.42. The second-order valence-electron chi connectivity index (χ2n) is 5.36. The zero-order valence-electron chi connectivity index (χ0n) is 12.3. The summed E-state index contributed by atoms with van der Waals surface area (Å²) in [6, 6.07) is 7.01.